The minimum atomic E-state index is -0.423. The second-order valence-electron chi connectivity index (χ2n) is 3.76. The van der Waals surface area contributed by atoms with Gasteiger partial charge in [-0.1, -0.05) is 18.7 Å². The molecule has 1 heterocycles. The maximum Gasteiger partial charge on any atom is 0.269 e. The summed E-state index contributed by atoms with van der Waals surface area (Å²) in [5.74, 6) is 1.37. The number of thioether (sulfide) groups is 1. The number of nitrogens with two attached hydrogens (primary N) is 1. The Morgan fingerprint density at radius 3 is 2.95 bits per heavy atom. The van der Waals surface area contributed by atoms with Crippen LogP contribution >= 0.6 is 23.3 Å². The largest absolute Gasteiger partial charge is 0.398 e. The second kappa shape index (κ2) is 5.98. The Hall–Kier alpha value is -1.67. The zero-order chi connectivity index (χ0) is 13.8. The molecule has 0 radical (unpaired) electrons. The molecule has 0 aliphatic carbocycles. The highest BCUT2D eigenvalue weighted by Gasteiger charge is 2.10. The number of nitro benzene ring substituents is 1. The molecule has 0 aliphatic rings. The van der Waals surface area contributed by atoms with Crippen LogP contribution in [-0.4, -0.2) is 14.3 Å². The van der Waals surface area contributed by atoms with Crippen molar-refractivity contribution in [1.29, 1.82) is 0 Å². The molecule has 2 rings (SSSR count). The Morgan fingerprint density at radius 1 is 1.53 bits per heavy atom. The Morgan fingerprint density at radius 2 is 2.32 bits per heavy atom. The lowest BCUT2D eigenvalue weighted by Gasteiger charge is -2.03. The summed E-state index contributed by atoms with van der Waals surface area (Å²) in [5, 5.41) is 10.7. The average Bonchev–Trinajstić information content (AvgIpc) is 2.85. The van der Waals surface area contributed by atoms with E-state index < -0.39 is 4.92 Å². The summed E-state index contributed by atoms with van der Waals surface area (Å²) in [7, 11) is 0. The van der Waals surface area contributed by atoms with Crippen LogP contribution in [-0.2, 0) is 12.2 Å². The van der Waals surface area contributed by atoms with Crippen LogP contribution in [0.5, 0.6) is 0 Å². The van der Waals surface area contributed by atoms with E-state index in [1.54, 1.807) is 6.07 Å². The molecule has 0 atom stereocenters. The van der Waals surface area contributed by atoms with Crippen molar-refractivity contribution in [2.24, 2.45) is 0 Å². The first-order valence-electron chi connectivity index (χ1n) is 5.58. The van der Waals surface area contributed by atoms with Crippen molar-refractivity contribution in [3.63, 3.8) is 0 Å². The summed E-state index contributed by atoms with van der Waals surface area (Å²) < 4.78 is 5.04. The normalized spacial score (nSPS) is 10.6. The van der Waals surface area contributed by atoms with Gasteiger partial charge < -0.3 is 5.73 Å². The van der Waals surface area contributed by atoms with Crippen LogP contribution in [0.3, 0.4) is 0 Å². The number of nitrogen functional groups attached to an aromatic ring is 1. The van der Waals surface area contributed by atoms with E-state index in [1.807, 2.05) is 6.92 Å². The molecule has 0 saturated heterocycles. The van der Waals surface area contributed by atoms with Gasteiger partial charge in [-0.15, -0.1) is 0 Å². The Labute approximate surface area is 118 Å². The molecule has 1 aromatic carbocycles. The van der Waals surface area contributed by atoms with Crippen molar-refractivity contribution in [1.82, 2.24) is 9.36 Å². The number of non-ortho nitro benzene ring substituents is 1. The molecule has 19 heavy (non-hydrogen) atoms. The number of aryl methyl sites for hydroxylation is 1. The van der Waals surface area contributed by atoms with E-state index in [-0.39, 0.29) is 5.69 Å². The first-order chi connectivity index (χ1) is 9.10. The fourth-order valence-corrected chi connectivity index (χ4v) is 3.11. The number of rotatable bonds is 5. The third kappa shape index (κ3) is 3.42. The van der Waals surface area contributed by atoms with Gasteiger partial charge in [-0.05, 0) is 23.2 Å². The van der Waals surface area contributed by atoms with Gasteiger partial charge in [0.05, 0.1) is 4.92 Å². The summed E-state index contributed by atoms with van der Waals surface area (Å²) in [4.78, 5) is 14.6. The summed E-state index contributed by atoms with van der Waals surface area (Å²) in [6.07, 6.45) is 0.802. The van der Waals surface area contributed by atoms with Crippen molar-refractivity contribution in [2.75, 3.05) is 5.73 Å². The molecule has 2 aromatic rings. The SMILES string of the molecule is CCc1nsc(SCc2cc([N+](=O)[O-])ccc2N)n1. The van der Waals surface area contributed by atoms with Gasteiger partial charge in [0.1, 0.15) is 5.82 Å². The van der Waals surface area contributed by atoms with E-state index in [9.17, 15) is 10.1 Å². The molecular formula is C11H12N4O2S2. The van der Waals surface area contributed by atoms with Crippen LogP contribution in [0.2, 0.25) is 0 Å². The van der Waals surface area contributed by atoms with Gasteiger partial charge in [-0.3, -0.25) is 10.1 Å². The maximum absolute atomic E-state index is 10.7. The molecule has 1 aromatic heterocycles. The zero-order valence-corrected chi connectivity index (χ0v) is 11.8. The van der Waals surface area contributed by atoms with Crippen LogP contribution in [0.25, 0.3) is 0 Å². The van der Waals surface area contributed by atoms with Crippen molar-refractivity contribution in [3.8, 4) is 0 Å². The van der Waals surface area contributed by atoms with Crippen molar-refractivity contribution in [3.05, 3.63) is 39.7 Å². The van der Waals surface area contributed by atoms with E-state index in [4.69, 9.17) is 5.73 Å². The van der Waals surface area contributed by atoms with Crippen molar-refractivity contribution >= 4 is 34.7 Å². The number of anilines is 1. The van der Waals surface area contributed by atoms with E-state index in [2.05, 4.69) is 9.36 Å². The van der Waals surface area contributed by atoms with Crippen LogP contribution in [0.1, 0.15) is 18.3 Å². The lowest BCUT2D eigenvalue weighted by atomic mass is 10.2. The molecule has 0 bridgehead atoms. The minimum Gasteiger partial charge on any atom is -0.398 e. The zero-order valence-electron chi connectivity index (χ0n) is 10.2. The van der Waals surface area contributed by atoms with Crippen LogP contribution in [0, 0.1) is 10.1 Å². The van der Waals surface area contributed by atoms with Gasteiger partial charge in [0.2, 0.25) is 0 Å². The van der Waals surface area contributed by atoms with Crippen molar-refractivity contribution in [2.45, 2.75) is 23.4 Å². The first-order valence-corrected chi connectivity index (χ1v) is 7.34. The third-order valence-electron chi connectivity index (χ3n) is 2.45. The molecule has 0 spiro atoms. The van der Waals surface area contributed by atoms with Gasteiger partial charge in [0.25, 0.3) is 5.69 Å². The van der Waals surface area contributed by atoms with Crippen LogP contribution in [0.4, 0.5) is 11.4 Å². The first kappa shape index (κ1) is 13.8. The van der Waals surface area contributed by atoms with Gasteiger partial charge in [0.15, 0.2) is 4.34 Å². The fraction of sp³-hybridized carbons (Fsp3) is 0.273. The van der Waals surface area contributed by atoms with E-state index >= 15 is 0 Å². The summed E-state index contributed by atoms with van der Waals surface area (Å²) in [6, 6.07) is 4.47. The lowest BCUT2D eigenvalue weighted by molar-refractivity contribution is -0.384. The summed E-state index contributed by atoms with van der Waals surface area (Å²) in [5.41, 5.74) is 7.17. The van der Waals surface area contributed by atoms with E-state index in [0.717, 1.165) is 22.1 Å². The molecule has 6 nitrogen and oxygen atoms in total. The predicted octanol–water partition coefficient (Wildman–Crippen LogP) is 2.88. The standard InChI is InChI=1S/C11H12N4O2S2/c1-2-10-13-11(19-14-10)18-6-7-5-8(15(16)17)3-4-9(7)12/h3-5H,2,6,12H2,1H3. The number of nitro groups is 1. The highest BCUT2D eigenvalue weighted by molar-refractivity contribution is 8.00. The Balaban J connectivity index is 2.10. The number of hydrogen-bond donors (Lipinski definition) is 1. The molecule has 0 saturated carbocycles. The van der Waals surface area contributed by atoms with Gasteiger partial charge in [-0.2, -0.15) is 4.37 Å². The van der Waals surface area contributed by atoms with Crippen LogP contribution < -0.4 is 5.73 Å². The molecule has 0 amide bonds. The molecule has 0 unspecified atom stereocenters. The number of hydrogen-bond acceptors (Lipinski definition) is 7. The van der Waals surface area contributed by atoms with E-state index in [1.165, 1.54) is 35.4 Å². The molecule has 0 aliphatic heterocycles. The minimum absolute atomic E-state index is 0.0521. The molecular weight excluding hydrogens is 284 g/mol. The average molecular weight is 296 g/mol. The third-order valence-corrected chi connectivity index (χ3v) is 4.37. The smallest absolute Gasteiger partial charge is 0.269 e. The summed E-state index contributed by atoms with van der Waals surface area (Å²) in [6.45, 7) is 2.00. The lowest BCUT2D eigenvalue weighted by Crippen LogP contribution is -1.95. The quantitative estimate of drug-likeness (QED) is 0.394. The Bertz CT molecular complexity index is 600. The van der Waals surface area contributed by atoms with Gasteiger partial charge in [-0.25, -0.2) is 4.98 Å². The fourth-order valence-electron chi connectivity index (χ4n) is 1.41. The maximum atomic E-state index is 10.7. The number of aromatic nitrogens is 2. The molecule has 0 fully saturated rings. The van der Waals surface area contributed by atoms with Gasteiger partial charge in [0, 0.05) is 30.0 Å². The topological polar surface area (TPSA) is 94.9 Å². The monoisotopic (exact) mass is 296 g/mol. The van der Waals surface area contributed by atoms with E-state index in [0.29, 0.717) is 11.4 Å². The molecule has 8 heteroatoms. The number of nitrogens with zero attached hydrogens (tertiary/aromatic N) is 3. The second-order valence-corrected chi connectivity index (χ2v) is 5.73. The highest BCUT2D eigenvalue weighted by atomic mass is 32.2. The number of benzene rings is 1. The van der Waals surface area contributed by atoms with Crippen LogP contribution in [0.15, 0.2) is 22.5 Å². The van der Waals surface area contributed by atoms with Gasteiger partial charge >= 0.3 is 0 Å². The predicted molar refractivity (Wildman–Crippen MR) is 76.4 cm³/mol. The highest BCUT2D eigenvalue weighted by Crippen LogP contribution is 2.29. The summed E-state index contributed by atoms with van der Waals surface area (Å²) >= 11 is 2.82. The molecule has 2 N–H and O–H groups in total. The van der Waals surface area contributed by atoms with Crippen molar-refractivity contribution < 1.29 is 4.92 Å². The Kier molecular flexibility index (Phi) is 4.33. The molecule has 100 valence electrons.